The SMILES string of the molecule is Cc1ccccc1CNCC(C)CN. The fraction of sp³-hybridized carbons (Fsp3) is 0.500. The quantitative estimate of drug-likeness (QED) is 0.745. The highest BCUT2D eigenvalue weighted by molar-refractivity contribution is 5.25. The summed E-state index contributed by atoms with van der Waals surface area (Å²) in [4.78, 5) is 0. The Hall–Kier alpha value is -0.860. The van der Waals surface area contributed by atoms with Crippen LogP contribution in [0.4, 0.5) is 0 Å². The van der Waals surface area contributed by atoms with Gasteiger partial charge >= 0.3 is 0 Å². The van der Waals surface area contributed by atoms with Crippen molar-refractivity contribution in [2.75, 3.05) is 13.1 Å². The smallest absolute Gasteiger partial charge is 0.0208 e. The highest BCUT2D eigenvalue weighted by Gasteiger charge is 1.99. The number of hydrogen-bond donors (Lipinski definition) is 2. The van der Waals surface area contributed by atoms with Crippen LogP contribution in [0.5, 0.6) is 0 Å². The van der Waals surface area contributed by atoms with E-state index in [1.165, 1.54) is 11.1 Å². The Labute approximate surface area is 86.5 Å². The second kappa shape index (κ2) is 5.78. The van der Waals surface area contributed by atoms with Gasteiger partial charge in [-0.25, -0.2) is 0 Å². The minimum Gasteiger partial charge on any atom is -0.330 e. The van der Waals surface area contributed by atoms with Gasteiger partial charge in [-0.1, -0.05) is 31.2 Å². The summed E-state index contributed by atoms with van der Waals surface area (Å²) in [6.07, 6.45) is 0. The summed E-state index contributed by atoms with van der Waals surface area (Å²) < 4.78 is 0. The van der Waals surface area contributed by atoms with Crippen LogP contribution in [0.25, 0.3) is 0 Å². The van der Waals surface area contributed by atoms with Crippen molar-refractivity contribution in [2.24, 2.45) is 11.7 Å². The molecule has 0 amide bonds. The zero-order valence-electron chi connectivity index (χ0n) is 9.09. The van der Waals surface area contributed by atoms with Crippen molar-refractivity contribution in [2.45, 2.75) is 20.4 Å². The van der Waals surface area contributed by atoms with Gasteiger partial charge in [-0.05, 0) is 37.1 Å². The molecule has 0 saturated carbocycles. The second-order valence-corrected chi connectivity index (χ2v) is 3.90. The lowest BCUT2D eigenvalue weighted by atomic mass is 10.1. The van der Waals surface area contributed by atoms with Crippen molar-refractivity contribution in [1.29, 1.82) is 0 Å². The first kappa shape index (κ1) is 11.2. The maximum atomic E-state index is 5.54. The molecule has 0 saturated heterocycles. The molecule has 14 heavy (non-hydrogen) atoms. The molecule has 1 unspecified atom stereocenters. The maximum Gasteiger partial charge on any atom is 0.0208 e. The molecule has 1 aromatic carbocycles. The van der Waals surface area contributed by atoms with Crippen LogP contribution in [0.1, 0.15) is 18.1 Å². The summed E-state index contributed by atoms with van der Waals surface area (Å²) >= 11 is 0. The molecule has 0 heterocycles. The van der Waals surface area contributed by atoms with Gasteiger partial charge in [-0.2, -0.15) is 0 Å². The van der Waals surface area contributed by atoms with Gasteiger partial charge in [0.05, 0.1) is 0 Å². The number of aryl methyl sites for hydroxylation is 1. The highest BCUT2D eigenvalue weighted by Crippen LogP contribution is 2.06. The average molecular weight is 192 g/mol. The van der Waals surface area contributed by atoms with Gasteiger partial charge in [-0.3, -0.25) is 0 Å². The summed E-state index contributed by atoms with van der Waals surface area (Å²) in [6.45, 7) is 6.98. The van der Waals surface area contributed by atoms with Crippen LogP contribution in [0.3, 0.4) is 0 Å². The lowest BCUT2D eigenvalue weighted by Gasteiger charge is -2.11. The van der Waals surface area contributed by atoms with Crippen molar-refractivity contribution in [3.63, 3.8) is 0 Å². The van der Waals surface area contributed by atoms with Crippen LogP contribution in [0.15, 0.2) is 24.3 Å². The van der Waals surface area contributed by atoms with Crippen molar-refractivity contribution in [3.8, 4) is 0 Å². The van der Waals surface area contributed by atoms with E-state index in [4.69, 9.17) is 5.73 Å². The van der Waals surface area contributed by atoms with Gasteiger partial charge in [0.2, 0.25) is 0 Å². The number of nitrogens with two attached hydrogens (primary N) is 1. The number of hydrogen-bond acceptors (Lipinski definition) is 2. The molecule has 0 radical (unpaired) electrons. The molecule has 0 fully saturated rings. The molecule has 2 nitrogen and oxygen atoms in total. The minimum atomic E-state index is 0.555. The van der Waals surface area contributed by atoms with E-state index in [0.29, 0.717) is 5.92 Å². The molecule has 0 aliphatic rings. The Kier molecular flexibility index (Phi) is 4.63. The highest BCUT2D eigenvalue weighted by atomic mass is 14.9. The van der Waals surface area contributed by atoms with Crippen LogP contribution in [0, 0.1) is 12.8 Å². The molecular weight excluding hydrogens is 172 g/mol. The summed E-state index contributed by atoms with van der Waals surface area (Å²) in [5, 5.41) is 3.41. The van der Waals surface area contributed by atoms with Crippen LogP contribution in [-0.2, 0) is 6.54 Å². The van der Waals surface area contributed by atoms with Crippen molar-refractivity contribution in [1.82, 2.24) is 5.32 Å². The topological polar surface area (TPSA) is 38.0 Å². The van der Waals surface area contributed by atoms with E-state index in [1.54, 1.807) is 0 Å². The van der Waals surface area contributed by atoms with Gasteiger partial charge in [0.15, 0.2) is 0 Å². The molecule has 0 spiro atoms. The Morgan fingerprint density at radius 3 is 2.71 bits per heavy atom. The summed E-state index contributed by atoms with van der Waals surface area (Å²) in [6, 6.07) is 8.45. The Morgan fingerprint density at radius 2 is 2.07 bits per heavy atom. The molecule has 1 atom stereocenters. The monoisotopic (exact) mass is 192 g/mol. The first-order valence-corrected chi connectivity index (χ1v) is 5.19. The molecule has 3 N–H and O–H groups in total. The van der Waals surface area contributed by atoms with Crippen LogP contribution < -0.4 is 11.1 Å². The Bertz CT molecular complexity index is 271. The van der Waals surface area contributed by atoms with Gasteiger partial charge in [-0.15, -0.1) is 0 Å². The first-order chi connectivity index (χ1) is 6.74. The number of nitrogens with one attached hydrogen (secondary N) is 1. The second-order valence-electron chi connectivity index (χ2n) is 3.90. The summed E-state index contributed by atoms with van der Waals surface area (Å²) in [5.74, 6) is 0.555. The van der Waals surface area contributed by atoms with Gasteiger partial charge in [0, 0.05) is 6.54 Å². The normalized spacial score (nSPS) is 12.8. The van der Waals surface area contributed by atoms with E-state index >= 15 is 0 Å². The number of benzene rings is 1. The molecule has 0 aliphatic heterocycles. The fourth-order valence-electron chi connectivity index (χ4n) is 1.35. The predicted octanol–water partition coefficient (Wildman–Crippen LogP) is 1.68. The Morgan fingerprint density at radius 1 is 1.36 bits per heavy atom. The van der Waals surface area contributed by atoms with E-state index < -0.39 is 0 Å². The lowest BCUT2D eigenvalue weighted by molar-refractivity contribution is 0.521. The van der Waals surface area contributed by atoms with E-state index in [2.05, 4.69) is 43.4 Å². The van der Waals surface area contributed by atoms with Crippen molar-refractivity contribution in [3.05, 3.63) is 35.4 Å². The maximum absolute atomic E-state index is 5.54. The molecule has 1 aromatic rings. The molecule has 0 aromatic heterocycles. The molecule has 0 bridgehead atoms. The van der Waals surface area contributed by atoms with E-state index in [9.17, 15) is 0 Å². The predicted molar refractivity (Wildman–Crippen MR) is 61.1 cm³/mol. The van der Waals surface area contributed by atoms with E-state index in [0.717, 1.165) is 19.6 Å². The zero-order valence-corrected chi connectivity index (χ0v) is 9.09. The molecule has 1 rings (SSSR count). The van der Waals surface area contributed by atoms with Crippen molar-refractivity contribution >= 4 is 0 Å². The van der Waals surface area contributed by atoms with Crippen LogP contribution in [0.2, 0.25) is 0 Å². The van der Waals surface area contributed by atoms with Gasteiger partial charge in [0.25, 0.3) is 0 Å². The van der Waals surface area contributed by atoms with Crippen LogP contribution >= 0.6 is 0 Å². The fourth-order valence-corrected chi connectivity index (χ4v) is 1.35. The lowest BCUT2D eigenvalue weighted by Crippen LogP contribution is -2.25. The third-order valence-electron chi connectivity index (χ3n) is 2.47. The molecule has 0 aliphatic carbocycles. The summed E-state index contributed by atoms with van der Waals surface area (Å²) in [7, 11) is 0. The molecular formula is C12H20N2. The van der Waals surface area contributed by atoms with Crippen molar-refractivity contribution < 1.29 is 0 Å². The largest absolute Gasteiger partial charge is 0.330 e. The van der Waals surface area contributed by atoms with E-state index in [1.807, 2.05) is 0 Å². The van der Waals surface area contributed by atoms with Crippen LogP contribution in [-0.4, -0.2) is 13.1 Å². The first-order valence-electron chi connectivity index (χ1n) is 5.19. The third kappa shape index (κ3) is 3.48. The van der Waals surface area contributed by atoms with E-state index in [-0.39, 0.29) is 0 Å². The third-order valence-corrected chi connectivity index (χ3v) is 2.47. The number of rotatable bonds is 5. The zero-order chi connectivity index (χ0) is 10.4. The Balaban J connectivity index is 2.35. The molecule has 2 heteroatoms. The van der Waals surface area contributed by atoms with Gasteiger partial charge in [0.1, 0.15) is 0 Å². The average Bonchev–Trinajstić information content (AvgIpc) is 2.20. The standard InChI is InChI=1S/C12H20N2/c1-10(7-13)8-14-9-12-6-4-3-5-11(12)2/h3-6,10,14H,7-9,13H2,1-2H3. The summed E-state index contributed by atoms with van der Waals surface area (Å²) in [5.41, 5.74) is 8.26. The minimum absolute atomic E-state index is 0.555. The van der Waals surface area contributed by atoms with Gasteiger partial charge < -0.3 is 11.1 Å². The molecule has 78 valence electrons.